The Bertz CT molecular complexity index is 749. The molecule has 1 N–H and O–H groups in total. The Hall–Kier alpha value is -2.05. The lowest BCUT2D eigenvalue weighted by Gasteiger charge is -2.39. The lowest BCUT2D eigenvalue weighted by atomic mass is 9.85. The Kier molecular flexibility index (Phi) is 6.74. The fourth-order valence-electron chi connectivity index (χ4n) is 3.76. The summed E-state index contributed by atoms with van der Waals surface area (Å²) in [6, 6.07) is 12.3. The van der Waals surface area contributed by atoms with Gasteiger partial charge in [0.2, 0.25) is 0 Å². The number of rotatable bonds is 6. The third-order valence-electron chi connectivity index (χ3n) is 5.20. The predicted molar refractivity (Wildman–Crippen MR) is 109 cm³/mol. The van der Waals surface area contributed by atoms with Crippen molar-refractivity contribution in [2.45, 2.75) is 23.9 Å². The first-order chi connectivity index (χ1) is 13.1. The van der Waals surface area contributed by atoms with Gasteiger partial charge in [-0.25, -0.2) is 4.98 Å². The maximum atomic E-state index is 12.5. The molecule has 144 valence electrons. The SMILES string of the molecule is COc1ccc(C2C(CNC(=O)c3ccc(SC)nc3)CCCN2C)cc1. The van der Waals surface area contributed by atoms with Gasteiger partial charge in [-0.2, -0.15) is 0 Å². The first-order valence-corrected chi connectivity index (χ1v) is 10.5. The molecule has 2 heterocycles. The van der Waals surface area contributed by atoms with Crippen LogP contribution in [-0.4, -0.2) is 49.3 Å². The molecule has 1 aromatic carbocycles. The van der Waals surface area contributed by atoms with Gasteiger partial charge in [0.05, 0.1) is 17.7 Å². The maximum absolute atomic E-state index is 12.5. The zero-order valence-corrected chi connectivity index (χ0v) is 17.0. The van der Waals surface area contributed by atoms with E-state index in [1.54, 1.807) is 25.1 Å². The van der Waals surface area contributed by atoms with E-state index in [0.717, 1.165) is 30.2 Å². The van der Waals surface area contributed by atoms with Crippen LogP contribution in [0.4, 0.5) is 0 Å². The summed E-state index contributed by atoms with van der Waals surface area (Å²) >= 11 is 1.57. The molecule has 3 rings (SSSR count). The van der Waals surface area contributed by atoms with Crippen molar-refractivity contribution in [3.63, 3.8) is 0 Å². The average molecular weight is 386 g/mol. The Morgan fingerprint density at radius 2 is 2.07 bits per heavy atom. The lowest BCUT2D eigenvalue weighted by Crippen LogP contribution is -2.41. The number of nitrogens with one attached hydrogen (secondary N) is 1. The van der Waals surface area contributed by atoms with Crippen molar-refractivity contribution >= 4 is 17.7 Å². The number of pyridine rings is 1. The number of likely N-dealkylation sites (tertiary alicyclic amines) is 1. The van der Waals surface area contributed by atoms with Crippen LogP contribution in [0.3, 0.4) is 0 Å². The molecule has 6 heteroatoms. The molecular formula is C21H27N3O2S. The minimum Gasteiger partial charge on any atom is -0.497 e. The second-order valence-corrected chi connectivity index (χ2v) is 7.73. The van der Waals surface area contributed by atoms with Gasteiger partial charge < -0.3 is 10.1 Å². The molecule has 1 saturated heterocycles. The van der Waals surface area contributed by atoms with E-state index in [9.17, 15) is 4.79 Å². The number of thioether (sulfide) groups is 1. The van der Waals surface area contributed by atoms with Crippen molar-refractivity contribution in [1.29, 1.82) is 0 Å². The summed E-state index contributed by atoms with van der Waals surface area (Å²) in [4.78, 5) is 19.2. The third-order valence-corrected chi connectivity index (χ3v) is 5.86. The fraction of sp³-hybridized carbons (Fsp3) is 0.429. The number of hydrogen-bond acceptors (Lipinski definition) is 5. The van der Waals surface area contributed by atoms with Crippen LogP contribution in [-0.2, 0) is 0 Å². The van der Waals surface area contributed by atoms with E-state index in [2.05, 4.69) is 34.4 Å². The third kappa shape index (κ3) is 4.82. The van der Waals surface area contributed by atoms with Gasteiger partial charge in [-0.3, -0.25) is 9.69 Å². The van der Waals surface area contributed by atoms with Crippen molar-refractivity contribution in [3.05, 3.63) is 53.7 Å². The van der Waals surface area contributed by atoms with Gasteiger partial charge in [-0.05, 0) is 68.4 Å². The zero-order chi connectivity index (χ0) is 19.2. The van der Waals surface area contributed by atoms with E-state index < -0.39 is 0 Å². The number of piperidine rings is 1. The van der Waals surface area contributed by atoms with Gasteiger partial charge >= 0.3 is 0 Å². The van der Waals surface area contributed by atoms with Crippen LogP contribution >= 0.6 is 11.8 Å². The molecule has 0 bridgehead atoms. The maximum Gasteiger partial charge on any atom is 0.252 e. The number of aromatic nitrogens is 1. The molecule has 1 aliphatic heterocycles. The highest BCUT2D eigenvalue weighted by Crippen LogP contribution is 2.35. The summed E-state index contributed by atoms with van der Waals surface area (Å²) in [5.74, 6) is 1.18. The number of carbonyl (C=O) groups excluding carboxylic acids is 1. The van der Waals surface area contributed by atoms with Crippen molar-refractivity contribution in [3.8, 4) is 5.75 Å². The number of benzene rings is 1. The van der Waals surface area contributed by atoms with E-state index in [0.29, 0.717) is 24.1 Å². The molecule has 1 aromatic heterocycles. The monoisotopic (exact) mass is 385 g/mol. The Labute approximate surface area is 165 Å². The Morgan fingerprint density at radius 1 is 1.30 bits per heavy atom. The van der Waals surface area contributed by atoms with Crippen molar-refractivity contribution < 1.29 is 9.53 Å². The quantitative estimate of drug-likeness (QED) is 0.770. The number of methoxy groups -OCH3 is 1. The van der Waals surface area contributed by atoms with E-state index in [4.69, 9.17) is 4.74 Å². The molecule has 0 radical (unpaired) electrons. The second-order valence-electron chi connectivity index (χ2n) is 6.90. The minimum absolute atomic E-state index is 0.0585. The standard InChI is InChI=1S/C21H27N3O2S/c1-24-12-4-5-16(20(24)15-6-9-18(26-2)10-7-15)13-23-21(25)17-8-11-19(27-3)22-14-17/h6-11,14,16,20H,4-5,12-13H2,1-3H3,(H,23,25). The zero-order valence-electron chi connectivity index (χ0n) is 16.1. The predicted octanol–water partition coefficient (Wildman–Crippen LogP) is 3.63. The van der Waals surface area contributed by atoms with Gasteiger partial charge in [0.1, 0.15) is 5.75 Å². The van der Waals surface area contributed by atoms with Gasteiger partial charge in [0, 0.05) is 18.8 Å². The average Bonchev–Trinajstić information content (AvgIpc) is 2.72. The Balaban J connectivity index is 1.67. The molecule has 1 amide bonds. The summed E-state index contributed by atoms with van der Waals surface area (Å²) in [5, 5.41) is 4.03. The van der Waals surface area contributed by atoms with Gasteiger partial charge in [0.15, 0.2) is 0 Å². The molecule has 1 fully saturated rings. The molecule has 0 saturated carbocycles. The molecule has 0 spiro atoms. The van der Waals surface area contributed by atoms with Crippen LogP contribution < -0.4 is 10.1 Å². The summed E-state index contributed by atoms with van der Waals surface area (Å²) < 4.78 is 5.28. The van der Waals surface area contributed by atoms with E-state index in [1.165, 1.54) is 5.56 Å². The van der Waals surface area contributed by atoms with Crippen LogP contribution in [0, 0.1) is 5.92 Å². The van der Waals surface area contributed by atoms with E-state index >= 15 is 0 Å². The van der Waals surface area contributed by atoms with Crippen LogP contribution in [0.1, 0.15) is 34.8 Å². The number of carbonyl (C=O) groups is 1. The van der Waals surface area contributed by atoms with E-state index in [-0.39, 0.29) is 5.91 Å². The molecule has 27 heavy (non-hydrogen) atoms. The van der Waals surface area contributed by atoms with E-state index in [1.807, 2.05) is 30.5 Å². The van der Waals surface area contributed by atoms with Crippen LogP contribution in [0.5, 0.6) is 5.75 Å². The molecule has 1 aliphatic rings. The minimum atomic E-state index is -0.0585. The van der Waals surface area contributed by atoms with Gasteiger partial charge in [-0.1, -0.05) is 12.1 Å². The molecular weight excluding hydrogens is 358 g/mol. The number of nitrogens with zero attached hydrogens (tertiary/aromatic N) is 2. The largest absolute Gasteiger partial charge is 0.497 e. The first kappa shape index (κ1) is 19.7. The number of ether oxygens (including phenoxy) is 1. The molecule has 5 nitrogen and oxygen atoms in total. The second kappa shape index (κ2) is 9.24. The highest BCUT2D eigenvalue weighted by molar-refractivity contribution is 7.98. The summed E-state index contributed by atoms with van der Waals surface area (Å²) in [6.45, 7) is 1.73. The Morgan fingerprint density at radius 3 is 2.70 bits per heavy atom. The summed E-state index contributed by atoms with van der Waals surface area (Å²) in [7, 11) is 3.84. The lowest BCUT2D eigenvalue weighted by molar-refractivity contribution is 0.0891. The van der Waals surface area contributed by atoms with Crippen LogP contribution in [0.15, 0.2) is 47.6 Å². The number of amides is 1. The van der Waals surface area contributed by atoms with Crippen molar-refractivity contribution in [1.82, 2.24) is 15.2 Å². The van der Waals surface area contributed by atoms with Crippen LogP contribution in [0.2, 0.25) is 0 Å². The highest BCUT2D eigenvalue weighted by Gasteiger charge is 2.30. The number of hydrogen-bond donors (Lipinski definition) is 1. The summed E-state index contributed by atoms with van der Waals surface area (Å²) in [6.07, 6.45) is 5.87. The molecule has 2 unspecified atom stereocenters. The van der Waals surface area contributed by atoms with Crippen molar-refractivity contribution in [2.24, 2.45) is 5.92 Å². The first-order valence-electron chi connectivity index (χ1n) is 9.25. The normalized spacial score (nSPS) is 20.3. The topological polar surface area (TPSA) is 54.5 Å². The van der Waals surface area contributed by atoms with Crippen LogP contribution in [0.25, 0.3) is 0 Å². The van der Waals surface area contributed by atoms with Gasteiger partial charge in [0.25, 0.3) is 5.91 Å². The smallest absolute Gasteiger partial charge is 0.252 e. The molecule has 2 aromatic rings. The summed E-state index contributed by atoms with van der Waals surface area (Å²) in [5.41, 5.74) is 1.88. The molecule has 0 aliphatic carbocycles. The van der Waals surface area contributed by atoms with Gasteiger partial charge in [-0.15, -0.1) is 11.8 Å². The molecule has 2 atom stereocenters. The fourth-order valence-corrected chi connectivity index (χ4v) is 4.12. The van der Waals surface area contributed by atoms with Crippen molar-refractivity contribution in [2.75, 3.05) is 33.5 Å². The highest BCUT2D eigenvalue weighted by atomic mass is 32.2.